The number of carbonyl (C=O) groups is 2. The molecule has 134 valence electrons. The zero-order chi connectivity index (χ0) is 17.5. The molecule has 1 saturated carbocycles. The number of methoxy groups -OCH3 is 1. The van der Waals surface area contributed by atoms with Gasteiger partial charge in [-0.25, -0.2) is 4.79 Å². The molecule has 1 aliphatic carbocycles. The molecule has 0 radical (unpaired) electrons. The Kier molecular flexibility index (Phi) is 8.19. The minimum atomic E-state index is -0.747. The Bertz CT molecular complexity index is 398. The SMILES string of the molecule is CCS[C@@H]1CCC[C@@H]1NC(=O)[C@H](COC)NC(=O)OC(C)(C)C. The number of ether oxygens (including phenoxy) is 2. The van der Waals surface area contributed by atoms with Gasteiger partial charge >= 0.3 is 6.09 Å². The van der Waals surface area contributed by atoms with Gasteiger partial charge in [0.25, 0.3) is 0 Å². The summed E-state index contributed by atoms with van der Waals surface area (Å²) in [4.78, 5) is 24.3. The van der Waals surface area contributed by atoms with Gasteiger partial charge in [0, 0.05) is 18.4 Å². The van der Waals surface area contributed by atoms with Gasteiger partial charge in [0.05, 0.1) is 6.61 Å². The highest BCUT2D eigenvalue weighted by atomic mass is 32.2. The first-order chi connectivity index (χ1) is 10.8. The summed E-state index contributed by atoms with van der Waals surface area (Å²) >= 11 is 1.88. The van der Waals surface area contributed by atoms with Crippen LogP contribution in [0, 0.1) is 0 Å². The summed E-state index contributed by atoms with van der Waals surface area (Å²) in [5.41, 5.74) is -0.605. The largest absolute Gasteiger partial charge is 0.444 e. The molecule has 6 nitrogen and oxygen atoms in total. The van der Waals surface area contributed by atoms with Crippen LogP contribution in [0.2, 0.25) is 0 Å². The predicted octanol–water partition coefficient (Wildman–Crippen LogP) is 2.32. The highest BCUT2D eigenvalue weighted by molar-refractivity contribution is 7.99. The standard InChI is InChI=1S/C16H30N2O4S/c1-6-23-13-9-7-8-11(13)17-14(19)12(10-21-5)18-15(20)22-16(2,3)4/h11-13H,6-10H2,1-5H3,(H,17,19)(H,18,20)/t11-,12-,13+/m0/s1. The monoisotopic (exact) mass is 346 g/mol. The Morgan fingerprint density at radius 2 is 2.00 bits per heavy atom. The third-order valence-electron chi connectivity index (χ3n) is 3.50. The van der Waals surface area contributed by atoms with E-state index in [1.54, 1.807) is 20.8 Å². The second-order valence-electron chi connectivity index (χ2n) is 6.69. The Labute approximate surface area is 143 Å². The molecule has 0 heterocycles. The van der Waals surface area contributed by atoms with Crippen LogP contribution in [0.1, 0.15) is 47.0 Å². The summed E-state index contributed by atoms with van der Waals surface area (Å²) in [5.74, 6) is 0.820. The quantitative estimate of drug-likeness (QED) is 0.740. The molecule has 1 fully saturated rings. The Morgan fingerprint density at radius 1 is 1.30 bits per heavy atom. The molecule has 0 aromatic heterocycles. The van der Waals surface area contributed by atoms with Crippen LogP contribution < -0.4 is 10.6 Å². The summed E-state index contributed by atoms with van der Waals surface area (Å²) in [6, 6.07) is -0.588. The molecule has 0 saturated heterocycles. The lowest BCUT2D eigenvalue weighted by Gasteiger charge is -2.25. The van der Waals surface area contributed by atoms with Crippen LogP contribution in [0.5, 0.6) is 0 Å². The van der Waals surface area contributed by atoms with Gasteiger partial charge in [-0.3, -0.25) is 4.79 Å². The summed E-state index contributed by atoms with van der Waals surface area (Å²) in [7, 11) is 1.50. The second kappa shape index (κ2) is 9.37. The van der Waals surface area contributed by atoms with E-state index in [0.717, 1.165) is 25.0 Å². The van der Waals surface area contributed by atoms with Gasteiger partial charge in [-0.15, -0.1) is 0 Å². The van der Waals surface area contributed by atoms with E-state index in [1.165, 1.54) is 7.11 Å². The molecule has 0 bridgehead atoms. The number of hydrogen-bond donors (Lipinski definition) is 2. The van der Waals surface area contributed by atoms with Crippen LogP contribution in [0.15, 0.2) is 0 Å². The minimum Gasteiger partial charge on any atom is -0.444 e. The fourth-order valence-corrected chi connectivity index (χ4v) is 3.79. The van der Waals surface area contributed by atoms with Crippen molar-refractivity contribution in [3.05, 3.63) is 0 Å². The van der Waals surface area contributed by atoms with Gasteiger partial charge in [-0.2, -0.15) is 11.8 Å². The zero-order valence-electron chi connectivity index (χ0n) is 14.8. The van der Waals surface area contributed by atoms with E-state index in [9.17, 15) is 9.59 Å². The van der Waals surface area contributed by atoms with Crippen LogP contribution in [0.3, 0.4) is 0 Å². The Morgan fingerprint density at radius 3 is 2.57 bits per heavy atom. The van der Waals surface area contributed by atoms with Gasteiger partial charge in [0.1, 0.15) is 11.6 Å². The Balaban J connectivity index is 2.58. The molecule has 2 N–H and O–H groups in total. The van der Waals surface area contributed by atoms with E-state index in [2.05, 4.69) is 17.6 Å². The van der Waals surface area contributed by atoms with Crippen molar-refractivity contribution in [1.82, 2.24) is 10.6 Å². The van der Waals surface area contributed by atoms with Crippen LogP contribution in [0.25, 0.3) is 0 Å². The lowest BCUT2D eigenvalue weighted by Crippen LogP contribution is -2.53. The molecule has 3 atom stereocenters. The van der Waals surface area contributed by atoms with Gasteiger partial charge < -0.3 is 20.1 Å². The average Bonchev–Trinajstić information content (AvgIpc) is 2.84. The Hall–Kier alpha value is -0.950. The number of amides is 2. The molecule has 0 spiro atoms. The molecule has 1 aliphatic rings. The first kappa shape index (κ1) is 20.1. The topological polar surface area (TPSA) is 76.7 Å². The van der Waals surface area contributed by atoms with Crippen molar-refractivity contribution in [2.75, 3.05) is 19.5 Å². The molecule has 0 aromatic carbocycles. The average molecular weight is 346 g/mol. The predicted molar refractivity (Wildman–Crippen MR) is 92.7 cm³/mol. The van der Waals surface area contributed by atoms with E-state index in [4.69, 9.17) is 9.47 Å². The fourth-order valence-electron chi connectivity index (χ4n) is 2.59. The number of hydrogen-bond acceptors (Lipinski definition) is 5. The van der Waals surface area contributed by atoms with E-state index in [1.807, 2.05) is 11.8 Å². The first-order valence-electron chi connectivity index (χ1n) is 8.17. The highest BCUT2D eigenvalue weighted by Gasteiger charge is 2.31. The number of nitrogens with one attached hydrogen (secondary N) is 2. The highest BCUT2D eigenvalue weighted by Crippen LogP contribution is 2.29. The van der Waals surface area contributed by atoms with Crippen molar-refractivity contribution < 1.29 is 19.1 Å². The second-order valence-corrected chi connectivity index (χ2v) is 8.21. The van der Waals surface area contributed by atoms with Crippen molar-refractivity contribution in [1.29, 1.82) is 0 Å². The minimum absolute atomic E-state index is 0.114. The van der Waals surface area contributed by atoms with Crippen LogP contribution >= 0.6 is 11.8 Å². The van der Waals surface area contributed by atoms with Gasteiger partial charge in [0.2, 0.25) is 5.91 Å². The van der Waals surface area contributed by atoms with Crippen LogP contribution in [-0.4, -0.2) is 54.4 Å². The van der Waals surface area contributed by atoms with Crippen molar-refractivity contribution in [2.45, 2.75) is 69.9 Å². The van der Waals surface area contributed by atoms with Crippen molar-refractivity contribution in [3.8, 4) is 0 Å². The summed E-state index contributed by atoms with van der Waals surface area (Å²) in [6.45, 7) is 7.58. The fraction of sp³-hybridized carbons (Fsp3) is 0.875. The van der Waals surface area contributed by atoms with Gasteiger partial charge in [-0.1, -0.05) is 13.3 Å². The number of thioether (sulfide) groups is 1. The third kappa shape index (κ3) is 7.44. The zero-order valence-corrected chi connectivity index (χ0v) is 15.6. The molecular formula is C16H30N2O4S. The molecule has 0 aliphatic heterocycles. The maximum absolute atomic E-state index is 12.5. The van der Waals surface area contributed by atoms with Crippen molar-refractivity contribution in [3.63, 3.8) is 0 Å². The maximum atomic E-state index is 12.5. The van der Waals surface area contributed by atoms with Crippen molar-refractivity contribution >= 4 is 23.8 Å². The number of rotatable bonds is 7. The van der Waals surface area contributed by atoms with E-state index in [0.29, 0.717) is 5.25 Å². The van der Waals surface area contributed by atoms with Crippen molar-refractivity contribution in [2.24, 2.45) is 0 Å². The molecular weight excluding hydrogens is 316 g/mol. The molecule has 0 unspecified atom stereocenters. The van der Waals surface area contributed by atoms with E-state index in [-0.39, 0.29) is 18.6 Å². The van der Waals surface area contributed by atoms with Gasteiger partial charge in [0.15, 0.2) is 0 Å². The lowest BCUT2D eigenvalue weighted by atomic mass is 10.2. The lowest BCUT2D eigenvalue weighted by molar-refractivity contribution is -0.125. The maximum Gasteiger partial charge on any atom is 0.408 e. The molecule has 1 rings (SSSR count). The summed E-state index contributed by atoms with van der Waals surface area (Å²) in [6.07, 6.45) is 2.62. The normalized spacial score (nSPS) is 22.5. The molecule has 23 heavy (non-hydrogen) atoms. The molecule has 2 amide bonds. The number of alkyl carbamates (subject to hydrolysis) is 1. The van der Waals surface area contributed by atoms with E-state index >= 15 is 0 Å². The smallest absolute Gasteiger partial charge is 0.408 e. The molecule has 7 heteroatoms. The number of carbonyl (C=O) groups excluding carboxylic acids is 2. The van der Waals surface area contributed by atoms with E-state index < -0.39 is 17.7 Å². The first-order valence-corrected chi connectivity index (χ1v) is 9.22. The molecule has 0 aromatic rings. The summed E-state index contributed by atoms with van der Waals surface area (Å²) in [5, 5.41) is 6.10. The third-order valence-corrected chi connectivity index (χ3v) is 4.83. The van der Waals surface area contributed by atoms with Crippen LogP contribution in [-0.2, 0) is 14.3 Å². The summed E-state index contributed by atoms with van der Waals surface area (Å²) < 4.78 is 10.3. The van der Waals surface area contributed by atoms with Crippen LogP contribution in [0.4, 0.5) is 4.79 Å². The van der Waals surface area contributed by atoms with Gasteiger partial charge in [-0.05, 0) is 39.4 Å².